The highest BCUT2D eigenvalue weighted by Crippen LogP contribution is 2.21. The molecular weight excluding hydrogens is 134 g/mol. The highest BCUT2D eigenvalue weighted by Gasteiger charge is 2.26. The van der Waals surface area contributed by atoms with Gasteiger partial charge in [0.25, 0.3) is 0 Å². The lowest BCUT2D eigenvalue weighted by atomic mass is 9.99. The fraction of sp³-hybridized carbons (Fsp3) is 1.00. The van der Waals surface area contributed by atoms with Gasteiger partial charge < -0.3 is 5.32 Å². The van der Waals surface area contributed by atoms with Crippen molar-refractivity contribution in [1.29, 1.82) is 0 Å². The van der Waals surface area contributed by atoms with Crippen LogP contribution in [0, 0.1) is 5.92 Å². The van der Waals surface area contributed by atoms with Crippen LogP contribution in [0.15, 0.2) is 0 Å². The molecule has 0 spiro atoms. The molecule has 1 saturated heterocycles. The zero-order valence-electron chi connectivity index (χ0n) is 6.40. The molecule has 1 heterocycles. The van der Waals surface area contributed by atoms with Crippen LogP contribution in [0.5, 0.6) is 0 Å². The van der Waals surface area contributed by atoms with E-state index in [0.29, 0.717) is 5.54 Å². The Bertz CT molecular complexity index is 90.9. The number of rotatable bonds is 0. The minimum absolute atomic E-state index is 0. The fourth-order valence-corrected chi connectivity index (χ4v) is 1.47. The van der Waals surface area contributed by atoms with Crippen molar-refractivity contribution < 1.29 is 0 Å². The third-order valence-electron chi connectivity index (χ3n) is 1.79. The minimum Gasteiger partial charge on any atom is -0.312 e. The van der Waals surface area contributed by atoms with Gasteiger partial charge in [-0.25, -0.2) is 0 Å². The molecule has 0 saturated carbocycles. The summed E-state index contributed by atoms with van der Waals surface area (Å²) in [5.41, 5.74) is 0.416. The Morgan fingerprint density at radius 2 is 2.00 bits per heavy atom. The van der Waals surface area contributed by atoms with Crippen LogP contribution >= 0.6 is 12.4 Å². The second kappa shape index (κ2) is 2.89. The van der Waals surface area contributed by atoms with E-state index in [0.717, 1.165) is 5.92 Å². The summed E-state index contributed by atoms with van der Waals surface area (Å²) in [5, 5.41) is 3.45. The topological polar surface area (TPSA) is 12.0 Å². The lowest BCUT2D eigenvalue weighted by molar-refractivity contribution is 0.448. The zero-order valence-corrected chi connectivity index (χ0v) is 7.22. The molecule has 0 aromatic rings. The largest absolute Gasteiger partial charge is 0.312 e. The van der Waals surface area contributed by atoms with Crippen LogP contribution in [0.1, 0.15) is 27.2 Å². The fourth-order valence-electron chi connectivity index (χ4n) is 1.47. The van der Waals surface area contributed by atoms with Crippen LogP contribution in [0.3, 0.4) is 0 Å². The van der Waals surface area contributed by atoms with E-state index in [4.69, 9.17) is 0 Å². The van der Waals surface area contributed by atoms with E-state index in [2.05, 4.69) is 26.1 Å². The molecule has 1 aliphatic rings. The molecule has 1 rings (SSSR count). The van der Waals surface area contributed by atoms with Gasteiger partial charge in [-0.3, -0.25) is 0 Å². The summed E-state index contributed by atoms with van der Waals surface area (Å²) in [6, 6.07) is 0. The highest BCUT2D eigenvalue weighted by atomic mass is 35.5. The molecule has 0 aromatic carbocycles. The van der Waals surface area contributed by atoms with Crippen molar-refractivity contribution in [3.8, 4) is 0 Å². The van der Waals surface area contributed by atoms with Crippen molar-refractivity contribution in [3.05, 3.63) is 0 Å². The van der Waals surface area contributed by atoms with Crippen LogP contribution in [0.4, 0.5) is 0 Å². The second-order valence-electron chi connectivity index (χ2n) is 3.57. The summed E-state index contributed by atoms with van der Waals surface area (Å²) in [6.45, 7) is 8.02. The molecule has 56 valence electrons. The van der Waals surface area contributed by atoms with Gasteiger partial charge in [-0.1, -0.05) is 6.92 Å². The Morgan fingerprint density at radius 1 is 1.44 bits per heavy atom. The van der Waals surface area contributed by atoms with E-state index in [1.165, 1.54) is 13.0 Å². The molecule has 1 nitrogen and oxygen atoms in total. The number of nitrogens with one attached hydrogen (secondary N) is 1. The minimum atomic E-state index is 0. The maximum absolute atomic E-state index is 3.45. The Labute approximate surface area is 63.6 Å². The van der Waals surface area contributed by atoms with Crippen molar-refractivity contribution in [2.45, 2.75) is 32.7 Å². The van der Waals surface area contributed by atoms with Crippen molar-refractivity contribution >= 4 is 12.4 Å². The summed E-state index contributed by atoms with van der Waals surface area (Å²) in [5.74, 6) is 0.880. The van der Waals surface area contributed by atoms with Crippen molar-refractivity contribution in [3.63, 3.8) is 0 Å². The number of halogens is 1. The van der Waals surface area contributed by atoms with Gasteiger partial charge in [0.2, 0.25) is 0 Å². The average Bonchev–Trinajstić information content (AvgIpc) is 1.82. The predicted molar refractivity (Wildman–Crippen MR) is 43.1 cm³/mol. The maximum atomic E-state index is 3.45. The molecular formula is C7H16ClN. The summed E-state index contributed by atoms with van der Waals surface area (Å²) in [6.07, 6.45) is 1.33. The lowest BCUT2D eigenvalue weighted by Gasteiger charge is -2.16. The number of hydrogen-bond donors (Lipinski definition) is 1. The molecule has 2 heteroatoms. The van der Waals surface area contributed by atoms with Crippen molar-refractivity contribution in [2.75, 3.05) is 6.54 Å². The van der Waals surface area contributed by atoms with Gasteiger partial charge in [-0.2, -0.15) is 0 Å². The van der Waals surface area contributed by atoms with Crippen LogP contribution in [0.2, 0.25) is 0 Å². The molecule has 9 heavy (non-hydrogen) atoms. The molecule has 0 radical (unpaired) electrons. The van der Waals surface area contributed by atoms with Gasteiger partial charge in [0, 0.05) is 5.54 Å². The quantitative estimate of drug-likeness (QED) is 0.554. The first-order chi connectivity index (χ1) is 3.60. The van der Waals surface area contributed by atoms with E-state index in [-0.39, 0.29) is 12.4 Å². The molecule has 1 aliphatic heterocycles. The summed E-state index contributed by atoms with van der Waals surface area (Å²) >= 11 is 0. The van der Waals surface area contributed by atoms with Crippen LogP contribution in [-0.2, 0) is 0 Å². The van der Waals surface area contributed by atoms with E-state index >= 15 is 0 Å². The highest BCUT2D eigenvalue weighted by molar-refractivity contribution is 5.85. The Kier molecular flexibility index (Phi) is 2.97. The third-order valence-corrected chi connectivity index (χ3v) is 1.79. The van der Waals surface area contributed by atoms with Gasteiger partial charge in [0.05, 0.1) is 0 Å². The van der Waals surface area contributed by atoms with Gasteiger partial charge in [0.1, 0.15) is 0 Å². The second-order valence-corrected chi connectivity index (χ2v) is 3.57. The average molecular weight is 150 g/mol. The van der Waals surface area contributed by atoms with Crippen molar-refractivity contribution in [2.24, 2.45) is 5.92 Å². The monoisotopic (exact) mass is 149 g/mol. The van der Waals surface area contributed by atoms with Crippen LogP contribution < -0.4 is 5.32 Å². The van der Waals surface area contributed by atoms with Gasteiger partial charge in [-0.15, -0.1) is 12.4 Å². The Hall–Kier alpha value is 0.250. The smallest absolute Gasteiger partial charge is 0.0128 e. The SMILES string of the molecule is CC1CNC(C)(C)C1.Cl. The first kappa shape index (κ1) is 9.25. The van der Waals surface area contributed by atoms with Crippen molar-refractivity contribution in [1.82, 2.24) is 5.32 Å². The normalized spacial score (nSPS) is 31.7. The first-order valence-electron chi connectivity index (χ1n) is 3.35. The van der Waals surface area contributed by atoms with E-state index < -0.39 is 0 Å². The van der Waals surface area contributed by atoms with E-state index in [9.17, 15) is 0 Å². The van der Waals surface area contributed by atoms with E-state index in [1.807, 2.05) is 0 Å². The molecule has 0 bridgehead atoms. The molecule has 0 aliphatic carbocycles. The summed E-state index contributed by atoms with van der Waals surface area (Å²) in [7, 11) is 0. The standard InChI is InChI=1S/C7H15N.ClH/c1-6-4-7(2,3)8-5-6;/h6,8H,4-5H2,1-3H3;1H. The first-order valence-corrected chi connectivity index (χ1v) is 3.35. The van der Waals surface area contributed by atoms with Gasteiger partial charge >= 0.3 is 0 Å². The van der Waals surface area contributed by atoms with Gasteiger partial charge in [0.15, 0.2) is 0 Å². The molecule has 1 atom stereocenters. The number of hydrogen-bond acceptors (Lipinski definition) is 1. The molecule has 1 unspecified atom stereocenters. The van der Waals surface area contributed by atoms with Crippen LogP contribution in [-0.4, -0.2) is 12.1 Å². The predicted octanol–water partition coefficient (Wildman–Crippen LogP) is 1.82. The Balaban J connectivity index is 0.000000640. The molecule has 0 aromatic heterocycles. The Morgan fingerprint density at radius 3 is 2.11 bits per heavy atom. The van der Waals surface area contributed by atoms with Gasteiger partial charge in [-0.05, 0) is 32.7 Å². The molecule has 1 fully saturated rings. The van der Waals surface area contributed by atoms with Crippen LogP contribution in [0.25, 0.3) is 0 Å². The summed E-state index contributed by atoms with van der Waals surface area (Å²) < 4.78 is 0. The third kappa shape index (κ3) is 2.55. The van der Waals surface area contributed by atoms with E-state index in [1.54, 1.807) is 0 Å². The lowest BCUT2D eigenvalue weighted by Crippen LogP contribution is -2.31. The summed E-state index contributed by atoms with van der Waals surface area (Å²) in [4.78, 5) is 0. The molecule has 0 amide bonds. The zero-order chi connectivity index (χ0) is 6.20. The molecule has 1 N–H and O–H groups in total. The maximum Gasteiger partial charge on any atom is 0.0128 e.